The molecular formula is C10H13F3N2O. The number of anilines is 1. The van der Waals surface area contributed by atoms with Crippen LogP contribution in [0.3, 0.4) is 0 Å². The summed E-state index contributed by atoms with van der Waals surface area (Å²) in [6, 6.07) is 1.70. The number of aromatic nitrogens is 1. The Balaban J connectivity index is 2.68. The number of hydrogen-bond acceptors (Lipinski definition) is 3. The summed E-state index contributed by atoms with van der Waals surface area (Å²) in [5, 5.41) is 3.01. The van der Waals surface area contributed by atoms with Gasteiger partial charge in [-0.15, -0.1) is 0 Å². The van der Waals surface area contributed by atoms with Crippen molar-refractivity contribution >= 4 is 5.69 Å². The van der Waals surface area contributed by atoms with E-state index in [9.17, 15) is 13.2 Å². The molecule has 0 aliphatic rings. The Labute approximate surface area is 91.6 Å². The fourth-order valence-corrected chi connectivity index (χ4v) is 1.16. The van der Waals surface area contributed by atoms with Crippen molar-refractivity contribution in [3.05, 3.63) is 17.8 Å². The Morgan fingerprint density at radius 2 is 2.12 bits per heavy atom. The van der Waals surface area contributed by atoms with E-state index in [0.29, 0.717) is 5.56 Å². The van der Waals surface area contributed by atoms with E-state index in [0.717, 1.165) is 12.2 Å². The van der Waals surface area contributed by atoms with Gasteiger partial charge in [-0.25, -0.2) is 4.98 Å². The molecule has 0 unspecified atom stereocenters. The first-order chi connectivity index (χ1) is 7.42. The molecule has 0 atom stereocenters. The summed E-state index contributed by atoms with van der Waals surface area (Å²) in [6.07, 6.45) is -2.89. The first kappa shape index (κ1) is 12.6. The number of nitrogens with one attached hydrogen (secondary N) is 1. The van der Waals surface area contributed by atoms with Crippen LogP contribution in [0.25, 0.3) is 0 Å². The van der Waals surface area contributed by atoms with Crippen molar-refractivity contribution in [1.29, 1.82) is 0 Å². The van der Waals surface area contributed by atoms with Gasteiger partial charge in [-0.3, -0.25) is 0 Å². The van der Waals surface area contributed by atoms with Crippen LogP contribution in [-0.2, 0) is 0 Å². The molecule has 6 heteroatoms. The number of hydrogen-bond donors (Lipinski definition) is 1. The molecule has 0 radical (unpaired) electrons. The van der Waals surface area contributed by atoms with Crippen molar-refractivity contribution in [2.75, 3.05) is 18.5 Å². The Morgan fingerprint density at radius 1 is 1.44 bits per heavy atom. The highest BCUT2D eigenvalue weighted by Crippen LogP contribution is 2.21. The average molecular weight is 234 g/mol. The van der Waals surface area contributed by atoms with E-state index in [2.05, 4.69) is 15.0 Å². The summed E-state index contributed by atoms with van der Waals surface area (Å²) in [5.74, 6) is 0.0129. The maximum Gasteiger partial charge on any atom is 0.422 e. The van der Waals surface area contributed by atoms with Gasteiger partial charge in [0.15, 0.2) is 6.61 Å². The predicted octanol–water partition coefficient (Wildman–Crippen LogP) is 2.76. The first-order valence-electron chi connectivity index (χ1n) is 4.82. The number of halogens is 3. The number of aryl methyl sites for hydroxylation is 1. The van der Waals surface area contributed by atoms with E-state index in [1.54, 1.807) is 13.0 Å². The maximum absolute atomic E-state index is 11.9. The Bertz CT molecular complexity index is 352. The lowest BCUT2D eigenvalue weighted by Gasteiger charge is -2.11. The zero-order valence-electron chi connectivity index (χ0n) is 9.06. The maximum atomic E-state index is 11.9. The summed E-state index contributed by atoms with van der Waals surface area (Å²) < 4.78 is 40.3. The fraction of sp³-hybridized carbons (Fsp3) is 0.500. The summed E-state index contributed by atoms with van der Waals surface area (Å²) in [7, 11) is 0. The van der Waals surface area contributed by atoms with Crippen LogP contribution >= 0.6 is 0 Å². The van der Waals surface area contributed by atoms with Gasteiger partial charge in [-0.1, -0.05) is 0 Å². The molecule has 0 fully saturated rings. The molecule has 1 heterocycles. The van der Waals surface area contributed by atoms with Gasteiger partial charge in [0.2, 0.25) is 5.88 Å². The molecule has 16 heavy (non-hydrogen) atoms. The van der Waals surface area contributed by atoms with Crippen LogP contribution < -0.4 is 10.1 Å². The van der Waals surface area contributed by atoms with E-state index >= 15 is 0 Å². The van der Waals surface area contributed by atoms with Gasteiger partial charge >= 0.3 is 6.18 Å². The third-order valence-electron chi connectivity index (χ3n) is 1.78. The molecule has 0 aliphatic carbocycles. The van der Waals surface area contributed by atoms with Crippen LogP contribution in [0.15, 0.2) is 12.3 Å². The summed E-state index contributed by atoms with van der Waals surface area (Å²) in [5.41, 5.74) is 1.34. The minimum absolute atomic E-state index is 0.0129. The molecule has 3 nitrogen and oxygen atoms in total. The van der Waals surface area contributed by atoms with E-state index in [-0.39, 0.29) is 5.88 Å². The number of alkyl halides is 3. The highest BCUT2D eigenvalue weighted by molar-refractivity contribution is 5.46. The summed E-state index contributed by atoms with van der Waals surface area (Å²) >= 11 is 0. The predicted molar refractivity (Wildman–Crippen MR) is 54.7 cm³/mol. The second-order valence-electron chi connectivity index (χ2n) is 3.28. The van der Waals surface area contributed by atoms with Crippen molar-refractivity contribution in [2.24, 2.45) is 0 Å². The molecule has 1 aromatic heterocycles. The van der Waals surface area contributed by atoms with Crippen molar-refractivity contribution in [2.45, 2.75) is 20.0 Å². The molecule has 1 rings (SSSR count). The normalized spacial score (nSPS) is 11.3. The van der Waals surface area contributed by atoms with Gasteiger partial charge in [0.1, 0.15) is 0 Å². The first-order valence-corrected chi connectivity index (χ1v) is 4.82. The molecule has 0 saturated heterocycles. The Hall–Kier alpha value is -1.46. The van der Waals surface area contributed by atoms with E-state index in [1.165, 1.54) is 6.20 Å². The lowest BCUT2D eigenvalue weighted by Crippen LogP contribution is -2.20. The number of ether oxygens (including phenoxy) is 1. The zero-order valence-corrected chi connectivity index (χ0v) is 9.06. The largest absolute Gasteiger partial charge is 0.468 e. The van der Waals surface area contributed by atoms with Crippen LogP contribution in [0.4, 0.5) is 18.9 Å². The SMILES string of the molecule is CCNc1cnc(OCC(F)(F)F)c(C)c1. The van der Waals surface area contributed by atoms with Crippen LogP contribution in [0.5, 0.6) is 5.88 Å². The monoisotopic (exact) mass is 234 g/mol. The minimum Gasteiger partial charge on any atom is -0.468 e. The third kappa shape index (κ3) is 3.96. The Kier molecular flexibility index (Phi) is 3.98. The molecule has 0 aliphatic heterocycles. The number of nitrogens with zero attached hydrogens (tertiary/aromatic N) is 1. The van der Waals surface area contributed by atoms with Crippen molar-refractivity contribution in [1.82, 2.24) is 4.98 Å². The number of rotatable bonds is 4. The number of pyridine rings is 1. The minimum atomic E-state index is -4.34. The molecule has 1 aromatic rings. The molecule has 1 N–H and O–H groups in total. The summed E-state index contributed by atoms with van der Waals surface area (Å²) in [4.78, 5) is 3.82. The Morgan fingerprint density at radius 3 is 2.62 bits per heavy atom. The fourth-order valence-electron chi connectivity index (χ4n) is 1.16. The van der Waals surface area contributed by atoms with Crippen molar-refractivity contribution in [3.63, 3.8) is 0 Å². The van der Waals surface area contributed by atoms with E-state index < -0.39 is 12.8 Å². The molecular weight excluding hydrogens is 221 g/mol. The van der Waals surface area contributed by atoms with Gasteiger partial charge in [0, 0.05) is 12.1 Å². The van der Waals surface area contributed by atoms with Crippen molar-refractivity contribution in [3.8, 4) is 5.88 Å². The second kappa shape index (κ2) is 5.05. The molecule has 0 aromatic carbocycles. The lowest BCUT2D eigenvalue weighted by atomic mass is 10.3. The van der Waals surface area contributed by atoms with Crippen LogP contribution in [0.1, 0.15) is 12.5 Å². The standard InChI is InChI=1S/C10H13F3N2O/c1-3-14-8-4-7(2)9(15-5-8)16-6-10(11,12)13/h4-5,14H,3,6H2,1-2H3. The quantitative estimate of drug-likeness (QED) is 0.869. The molecule has 0 amide bonds. The van der Waals surface area contributed by atoms with E-state index in [1.807, 2.05) is 6.92 Å². The smallest absolute Gasteiger partial charge is 0.422 e. The van der Waals surface area contributed by atoms with Gasteiger partial charge in [0.25, 0.3) is 0 Å². The topological polar surface area (TPSA) is 34.2 Å². The zero-order chi connectivity index (χ0) is 12.2. The average Bonchev–Trinajstić information content (AvgIpc) is 2.15. The highest BCUT2D eigenvalue weighted by Gasteiger charge is 2.28. The van der Waals surface area contributed by atoms with Gasteiger partial charge in [0.05, 0.1) is 11.9 Å². The van der Waals surface area contributed by atoms with Gasteiger partial charge in [-0.2, -0.15) is 13.2 Å². The molecule has 0 spiro atoms. The van der Waals surface area contributed by atoms with Crippen LogP contribution in [-0.4, -0.2) is 24.3 Å². The van der Waals surface area contributed by atoms with Crippen LogP contribution in [0, 0.1) is 6.92 Å². The third-order valence-corrected chi connectivity index (χ3v) is 1.78. The summed E-state index contributed by atoms with van der Waals surface area (Å²) in [6.45, 7) is 2.98. The molecule has 0 bridgehead atoms. The van der Waals surface area contributed by atoms with Crippen molar-refractivity contribution < 1.29 is 17.9 Å². The molecule has 0 saturated carbocycles. The van der Waals surface area contributed by atoms with Gasteiger partial charge < -0.3 is 10.1 Å². The van der Waals surface area contributed by atoms with Crippen LogP contribution in [0.2, 0.25) is 0 Å². The molecule has 90 valence electrons. The highest BCUT2D eigenvalue weighted by atomic mass is 19.4. The van der Waals surface area contributed by atoms with E-state index in [4.69, 9.17) is 0 Å². The van der Waals surface area contributed by atoms with Gasteiger partial charge in [-0.05, 0) is 19.9 Å². The lowest BCUT2D eigenvalue weighted by molar-refractivity contribution is -0.154. The second-order valence-corrected chi connectivity index (χ2v) is 3.28.